The second kappa shape index (κ2) is 5.11. The van der Waals surface area contributed by atoms with Gasteiger partial charge in [0.15, 0.2) is 5.78 Å². The maximum absolute atomic E-state index is 12.2. The summed E-state index contributed by atoms with van der Waals surface area (Å²) in [6, 6.07) is 5.87. The van der Waals surface area contributed by atoms with E-state index in [0.717, 1.165) is 49.2 Å². The van der Waals surface area contributed by atoms with Gasteiger partial charge in [-0.1, -0.05) is 12.1 Å². The molecule has 0 saturated carbocycles. The van der Waals surface area contributed by atoms with Crippen LogP contribution < -0.4 is 4.74 Å². The maximum Gasteiger partial charge on any atom is 0.166 e. The van der Waals surface area contributed by atoms with Gasteiger partial charge in [0.25, 0.3) is 0 Å². The van der Waals surface area contributed by atoms with Gasteiger partial charge in [-0.15, -0.1) is 0 Å². The van der Waals surface area contributed by atoms with Gasteiger partial charge in [0.2, 0.25) is 0 Å². The van der Waals surface area contributed by atoms with Crippen molar-refractivity contribution in [3.8, 4) is 5.75 Å². The standard InChI is InChI=1S/C15H18O3/c16-14(7-6-12-4-2-9-17-12)13-5-1-3-11-8-10-18-15(11)13/h1,3,5,12H,2,4,6-10H2. The molecular weight excluding hydrogens is 228 g/mol. The molecule has 2 aliphatic heterocycles. The van der Waals surface area contributed by atoms with E-state index < -0.39 is 0 Å². The van der Waals surface area contributed by atoms with Crippen LogP contribution in [0.2, 0.25) is 0 Å². The summed E-state index contributed by atoms with van der Waals surface area (Å²) in [4.78, 5) is 12.2. The molecule has 1 atom stereocenters. The number of carbonyl (C=O) groups is 1. The highest BCUT2D eigenvalue weighted by Gasteiger charge is 2.22. The average Bonchev–Trinajstić information content (AvgIpc) is 3.05. The number of para-hydroxylation sites is 1. The Kier molecular flexibility index (Phi) is 3.33. The molecule has 0 N–H and O–H groups in total. The Labute approximate surface area is 107 Å². The van der Waals surface area contributed by atoms with Gasteiger partial charge in [0.05, 0.1) is 18.3 Å². The number of benzene rings is 1. The molecule has 0 spiro atoms. The monoisotopic (exact) mass is 246 g/mol. The van der Waals surface area contributed by atoms with E-state index in [1.54, 1.807) is 0 Å². The molecule has 1 saturated heterocycles. The normalized spacial score (nSPS) is 21.7. The first kappa shape index (κ1) is 11.7. The molecule has 1 aromatic rings. The zero-order chi connectivity index (χ0) is 12.4. The molecule has 3 rings (SSSR count). The molecule has 3 nitrogen and oxygen atoms in total. The lowest BCUT2D eigenvalue weighted by molar-refractivity contribution is 0.0857. The number of ether oxygens (including phenoxy) is 2. The minimum absolute atomic E-state index is 0.184. The van der Waals surface area contributed by atoms with Gasteiger partial charge in [-0.25, -0.2) is 0 Å². The summed E-state index contributed by atoms with van der Waals surface area (Å²) in [5.74, 6) is 0.999. The molecule has 3 heteroatoms. The Morgan fingerprint density at radius 3 is 3.11 bits per heavy atom. The Hall–Kier alpha value is -1.35. The van der Waals surface area contributed by atoms with Crippen molar-refractivity contribution in [1.29, 1.82) is 0 Å². The molecule has 0 amide bonds. The molecular formula is C15H18O3. The van der Waals surface area contributed by atoms with Crippen molar-refractivity contribution < 1.29 is 14.3 Å². The first-order valence-electron chi connectivity index (χ1n) is 6.74. The highest BCUT2D eigenvalue weighted by molar-refractivity contribution is 5.99. The first-order valence-corrected chi connectivity index (χ1v) is 6.74. The summed E-state index contributed by atoms with van der Waals surface area (Å²) in [5.41, 5.74) is 1.92. The van der Waals surface area contributed by atoms with E-state index in [9.17, 15) is 4.79 Å². The molecule has 18 heavy (non-hydrogen) atoms. The number of rotatable bonds is 4. The molecule has 0 radical (unpaired) electrons. The van der Waals surface area contributed by atoms with Crippen LogP contribution in [0.1, 0.15) is 41.6 Å². The van der Waals surface area contributed by atoms with E-state index in [4.69, 9.17) is 9.47 Å². The highest BCUT2D eigenvalue weighted by atomic mass is 16.5. The third-order valence-corrected chi connectivity index (χ3v) is 3.73. The number of fused-ring (bicyclic) bond motifs is 1. The predicted octanol–water partition coefficient (Wildman–Crippen LogP) is 2.76. The van der Waals surface area contributed by atoms with Crippen LogP contribution in [0.4, 0.5) is 0 Å². The lowest BCUT2D eigenvalue weighted by Crippen LogP contribution is -2.09. The zero-order valence-electron chi connectivity index (χ0n) is 10.5. The SMILES string of the molecule is O=C(CCC1CCCO1)c1cccc2c1OCC2. The Bertz CT molecular complexity index is 447. The van der Waals surface area contributed by atoms with Crippen molar-refractivity contribution in [3.05, 3.63) is 29.3 Å². The predicted molar refractivity (Wildman–Crippen MR) is 68.2 cm³/mol. The summed E-state index contributed by atoms with van der Waals surface area (Å²) in [6.45, 7) is 1.55. The summed E-state index contributed by atoms with van der Waals surface area (Å²) in [6.07, 6.45) is 4.82. The van der Waals surface area contributed by atoms with Crippen molar-refractivity contribution in [2.75, 3.05) is 13.2 Å². The van der Waals surface area contributed by atoms with Crippen LogP contribution in [0.5, 0.6) is 5.75 Å². The zero-order valence-corrected chi connectivity index (χ0v) is 10.5. The lowest BCUT2D eigenvalue weighted by Gasteiger charge is -2.10. The molecule has 1 aromatic carbocycles. The van der Waals surface area contributed by atoms with Crippen molar-refractivity contribution in [3.63, 3.8) is 0 Å². The van der Waals surface area contributed by atoms with Crippen molar-refractivity contribution in [1.82, 2.24) is 0 Å². The van der Waals surface area contributed by atoms with E-state index in [0.29, 0.717) is 13.0 Å². The molecule has 0 aromatic heterocycles. The second-order valence-corrected chi connectivity index (χ2v) is 4.99. The van der Waals surface area contributed by atoms with E-state index in [1.807, 2.05) is 18.2 Å². The number of hydrogen-bond donors (Lipinski definition) is 0. The molecule has 0 bridgehead atoms. The van der Waals surface area contributed by atoms with Crippen LogP contribution in [0.25, 0.3) is 0 Å². The summed E-state index contributed by atoms with van der Waals surface area (Å²) in [7, 11) is 0. The van der Waals surface area contributed by atoms with Crippen molar-refractivity contribution in [2.45, 2.75) is 38.2 Å². The molecule has 2 aliphatic rings. The van der Waals surface area contributed by atoms with Gasteiger partial charge < -0.3 is 9.47 Å². The largest absolute Gasteiger partial charge is 0.492 e. The van der Waals surface area contributed by atoms with E-state index in [-0.39, 0.29) is 11.9 Å². The fraction of sp³-hybridized carbons (Fsp3) is 0.533. The maximum atomic E-state index is 12.2. The smallest absolute Gasteiger partial charge is 0.166 e. The van der Waals surface area contributed by atoms with E-state index in [2.05, 4.69) is 0 Å². The lowest BCUT2D eigenvalue weighted by atomic mass is 10.00. The van der Waals surface area contributed by atoms with Gasteiger partial charge in [-0.05, 0) is 30.9 Å². The van der Waals surface area contributed by atoms with Gasteiger partial charge in [0, 0.05) is 19.4 Å². The highest BCUT2D eigenvalue weighted by Crippen LogP contribution is 2.30. The van der Waals surface area contributed by atoms with Crippen LogP contribution >= 0.6 is 0 Å². The molecule has 96 valence electrons. The van der Waals surface area contributed by atoms with Crippen molar-refractivity contribution in [2.24, 2.45) is 0 Å². The molecule has 0 aliphatic carbocycles. The minimum atomic E-state index is 0.184. The third-order valence-electron chi connectivity index (χ3n) is 3.73. The van der Waals surface area contributed by atoms with E-state index >= 15 is 0 Å². The Morgan fingerprint density at radius 1 is 1.33 bits per heavy atom. The van der Waals surface area contributed by atoms with Crippen LogP contribution in [-0.4, -0.2) is 25.1 Å². The minimum Gasteiger partial charge on any atom is -0.492 e. The molecule has 2 heterocycles. The van der Waals surface area contributed by atoms with Crippen LogP contribution in [0, 0.1) is 0 Å². The van der Waals surface area contributed by atoms with E-state index in [1.165, 1.54) is 0 Å². The topological polar surface area (TPSA) is 35.5 Å². The number of carbonyl (C=O) groups excluding carboxylic acids is 1. The fourth-order valence-corrected chi connectivity index (χ4v) is 2.73. The quantitative estimate of drug-likeness (QED) is 0.766. The van der Waals surface area contributed by atoms with Crippen molar-refractivity contribution >= 4 is 5.78 Å². The van der Waals surface area contributed by atoms with Crippen LogP contribution in [0.3, 0.4) is 0 Å². The van der Waals surface area contributed by atoms with Gasteiger partial charge in [-0.3, -0.25) is 4.79 Å². The Morgan fingerprint density at radius 2 is 2.28 bits per heavy atom. The van der Waals surface area contributed by atoms with Crippen LogP contribution in [-0.2, 0) is 11.2 Å². The fourth-order valence-electron chi connectivity index (χ4n) is 2.73. The molecule has 1 unspecified atom stereocenters. The summed E-state index contributed by atoms with van der Waals surface area (Å²) in [5, 5.41) is 0. The summed E-state index contributed by atoms with van der Waals surface area (Å²) < 4.78 is 11.1. The Balaban J connectivity index is 1.67. The molecule has 1 fully saturated rings. The van der Waals surface area contributed by atoms with Gasteiger partial charge in [0.1, 0.15) is 5.75 Å². The van der Waals surface area contributed by atoms with Gasteiger partial charge >= 0.3 is 0 Å². The van der Waals surface area contributed by atoms with Crippen LogP contribution in [0.15, 0.2) is 18.2 Å². The summed E-state index contributed by atoms with van der Waals surface area (Å²) >= 11 is 0. The first-order chi connectivity index (χ1) is 8.84. The second-order valence-electron chi connectivity index (χ2n) is 4.99. The number of hydrogen-bond acceptors (Lipinski definition) is 3. The average molecular weight is 246 g/mol. The van der Waals surface area contributed by atoms with Gasteiger partial charge in [-0.2, -0.15) is 0 Å². The third kappa shape index (κ3) is 2.27. The number of Topliss-reactive ketones (excluding diaryl/α,β-unsaturated/α-hetero) is 1. The number of ketones is 1.